The minimum Gasteiger partial charge on any atom is -0.462 e. The van der Waals surface area contributed by atoms with Crippen LogP contribution in [0.3, 0.4) is 0 Å². The number of ketones is 1. The molecule has 2 rings (SSSR count). The zero-order valence-corrected chi connectivity index (χ0v) is 14.0. The molecule has 1 aromatic rings. The molecule has 0 atom stereocenters. The van der Waals surface area contributed by atoms with Crippen LogP contribution in [0, 0.1) is 5.82 Å². The number of carbonyl (C=O) groups excluding carboxylic acids is 2. The van der Waals surface area contributed by atoms with Crippen LogP contribution in [0.25, 0.3) is 0 Å². The first-order chi connectivity index (χ1) is 10.8. The smallest absolute Gasteiger partial charge is 0.293 e. The van der Waals surface area contributed by atoms with Crippen molar-refractivity contribution in [2.75, 3.05) is 32.7 Å². The number of halogens is 1. The van der Waals surface area contributed by atoms with E-state index in [-0.39, 0.29) is 17.2 Å². The third-order valence-corrected chi connectivity index (χ3v) is 3.14. The Balaban J connectivity index is 0.000000322. The molecule has 1 aliphatic heterocycles. The lowest BCUT2D eigenvalue weighted by molar-refractivity contribution is -0.138. The summed E-state index contributed by atoms with van der Waals surface area (Å²) in [5.74, 6) is -0.249. The van der Waals surface area contributed by atoms with Crippen LogP contribution >= 0.6 is 0 Å². The molecule has 1 fully saturated rings. The molecule has 1 saturated heterocycles. The molecule has 1 aliphatic rings. The average molecular weight is 324 g/mol. The summed E-state index contributed by atoms with van der Waals surface area (Å²) in [6, 6.07) is 5.73. The highest BCUT2D eigenvalue weighted by atomic mass is 19.1. The SMILES string of the molecule is CC(C)(C)OC=O.O=C(CN1CCNCC1)c1ccc(F)cc1. The second-order valence-electron chi connectivity index (χ2n) is 6.28. The molecule has 0 saturated carbocycles. The fourth-order valence-corrected chi connectivity index (χ4v) is 1.94. The molecule has 0 unspecified atom stereocenters. The topological polar surface area (TPSA) is 58.6 Å². The Bertz CT molecular complexity index is 492. The Morgan fingerprint density at radius 1 is 1.26 bits per heavy atom. The maximum Gasteiger partial charge on any atom is 0.293 e. The van der Waals surface area contributed by atoms with Crippen LogP contribution in [0.5, 0.6) is 0 Å². The molecule has 1 heterocycles. The Morgan fingerprint density at radius 2 is 1.83 bits per heavy atom. The third kappa shape index (κ3) is 8.42. The molecule has 1 aromatic carbocycles. The van der Waals surface area contributed by atoms with Crippen LogP contribution in [0.1, 0.15) is 31.1 Å². The fraction of sp³-hybridized carbons (Fsp3) is 0.529. The van der Waals surface area contributed by atoms with E-state index in [1.807, 2.05) is 20.8 Å². The Labute approximate surface area is 136 Å². The van der Waals surface area contributed by atoms with Gasteiger partial charge in [-0.25, -0.2) is 4.39 Å². The van der Waals surface area contributed by atoms with Crippen molar-refractivity contribution in [3.05, 3.63) is 35.6 Å². The first-order valence-corrected chi connectivity index (χ1v) is 7.65. The van der Waals surface area contributed by atoms with Crippen LogP contribution in [-0.4, -0.2) is 55.5 Å². The summed E-state index contributed by atoms with van der Waals surface area (Å²) in [7, 11) is 0. The first kappa shape index (κ1) is 19.3. The monoisotopic (exact) mass is 324 g/mol. The lowest BCUT2D eigenvalue weighted by Crippen LogP contribution is -2.45. The maximum absolute atomic E-state index is 12.7. The van der Waals surface area contributed by atoms with Crippen molar-refractivity contribution in [2.45, 2.75) is 26.4 Å². The molecule has 0 radical (unpaired) electrons. The van der Waals surface area contributed by atoms with Gasteiger partial charge >= 0.3 is 0 Å². The molecule has 1 N–H and O–H groups in total. The van der Waals surface area contributed by atoms with E-state index >= 15 is 0 Å². The zero-order chi connectivity index (χ0) is 17.3. The highest BCUT2D eigenvalue weighted by Gasteiger charge is 2.14. The summed E-state index contributed by atoms with van der Waals surface area (Å²) < 4.78 is 17.2. The fourth-order valence-electron chi connectivity index (χ4n) is 1.94. The van der Waals surface area contributed by atoms with E-state index in [0.717, 1.165) is 26.2 Å². The number of piperazine rings is 1. The van der Waals surface area contributed by atoms with Gasteiger partial charge in [-0.1, -0.05) is 0 Å². The van der Waals surface area contributed by atoms with Crippen molar-refractivity contribution in [3.63, 3.8) is 0 Å². The number of ether oxygens (including phenoxy) is 1. The van der Waals surface area contributed by atoms with Crippen molar-refractivity contribution < 1.29 is 18.7 Å². The van der Waals surface area contributed by atoms with Crippen molar-refractivity contribution in [3.8, 4) is 0 Å². The van der Waals surface area contributed by atoms with Crippen molar-refractivity contribution in [2.24, 2.45) is 0 Å². The molecule has 0 aromatic heterocycles. The lowest BCUT2D eigenvalue weighted by atomic mass is 10.1. The predicted molar refractivity (Wildman–Crippen MR) is 86.9 cm³/mol. The quantitative estimate of drug-likeness (QED) is 0.677. The highest BCUT2D eigenvalue weighted by Crippen LogP contribution is 2.05. The van der Waals surface area contributed by atoms with Gasteiger partial charge in [0.05, 0.1) is 6.54 Å². The molecule has 5 nitrogen and oxygen atoms in total. The van der Waals surface area contributed by atoms with Crippen molar-refractivity contribution in [1.82, 2.24) is 10.2 Å². The van der Waals surface area contributed by atoms with Gasteiger partial charge in [0.1, 0.15) is 11.4 Å². The number of hydrogen-bond acceptors (Lipinski definition) is 5. The van der Waals surface area contributed by atoms with Gasteiger partial charge in [0, 0.05) is 31.7 Å². The van der Waals surface area contributed by atoms with Crippen LogP contribution in [0.4, 0.5) is 4.39 Å². The summed E-state index contributed by atoms with van der Waals surface area (Å²) >= 11 is 0. The molecule has 23 heavy (non-hydrogen) atoms. The summed E-state index contributed by atoms with van der Waals surface area (Å²) in [5, 5.41) is 3.23. The van der Waals surface area contributed by atoms with E-state index in [1.54, 1.807) is 12.1 Å². The molecule has 0 aliphatic carbocycles. The van der Waals surface area contributed by atoms with E-state index in [9.17, 15) is 14.0 Å². The highest BCUT2D eigenvalue weighted by molar-refractivity contribution is 5.97. The van der Waals surface area contributed by atoms with Crippen LogP contribution in [-0.2, 0) is 9.53 Å². The van der Waals surface area contributed by atoms with Gasteiger partial charge in [-0.2, -0.15) is 0 Å². The van der Waals surface area contributed by atoms with Gasteiger partial charge in [-0.05, 0) is 45.0 Å². The average Bonchev–Trinajstić information content (AvgIpc) is 2.48. The molecule has 128 valence electrons. The van der Waals surface area contributed by atoms with Crippen molar-refractivity contribution in [1.29, 1.82) is 0 Å². The van der Waals surface area contributed by atoms with Gasteiger partial charge in [0.2, 0.25) is 0 Å². The van der Waals surface area contributed by atoms with E-state index in [1.165, 1.54) is 12.1 Å². The number of carbonyl (C=O) groups is 2. The van der Waals surface area contributed by atoms with E-state index in [0.29, 0.717) is 18.6 Å². The number of Topliss-reactive ketones (excluding diaryl/α,β-unsaturated/α-hetero) is 1. The molecule has 6 heteroatoms. The number of rotatable bonds is 4. The van der Waals surface area contributed by atoms with Gasteiger partial charge in [-0.15, -0.1) is 0 Å². The van der Waals surface area contributed by atoms with E-state index in [4.69, 9.17) is 0 Å². The van der Waals surface area contributed by atoms with E-state index < -0.39 is 0 Å². The normalized spacial score (nSPS) is 15.3. The zero-order valence-electron chi connectivity index (χ0n) is 14.0. The van der Waals surface area contributed by atoms with Crippen molar-refractivity contribution >= 4 is 12.3 Å². The number of hydrogen-bond donors (Lipinski definition) is 1. The van der Waals surface area contributed by atoms with Crippen LogP contribution in [0.2, 0.25) is 0 Å². The number of nitrogens with zero attached hydrogens (tertiary/aromatic N) is 1. The van der Waals surface area contributed by atoms with Gasteiger partial charge in [0.25, 0.3) is 6.47 Å². The van der Waals surface area contributed by atoms with E-state index in [2.05, 4.69) is 15.0 Å². The predicted octanol–water partition coefficient (Wildman–Crippen LogP) is 1.87. The first-order valence-electron chi connectivity index (χ1n) is 7.65. The van der Waals surface area contributed by atoms with Gasteiger partial charge in [-0.3, -0.25) is 14.5 Å². The van der Waals surface area contributed by atoms with Crippen LogP contribution in [0.15, 0.2) is 24.3 Å². The maximum atomic E-state index is 12.7. The molecular formula is C17H25FN2O3. The lowest BCUT2D eigenvalue weighted by Gasteiger charge is -2.26. The molecular weight excluding hydrogens is 299 g/mol. The molecule has 0 bridgehead atoms. The summed E-state index contributed by atoms with van der Waals surface area (Å²) in [5.41, 5.74) is 0.266. The number of benzene rings is 1. The summed E-state index contributed by atoms with van der Waals surface area (Å²) in [6.45, 7) is 9.99. The minimum absolute atomic E-state index is 0.0573. The van der Waals surface area contributed by atoms with Gasteiger partial charge in [0.15, 0.2) is 5.78 Å². The Morgan fingerprint density at radius 3 is 2.26 bits per heavy atom. The molecule has 0 amide bonds. The number of nitrogens with one attached hydrogen (secondary N) is 1. The largest absolute Gasteiger partial charge is 0.462 e. The standard InChI is InChI=1S/C12H15FN2O.C5H10O2/c13-11-3-1-10(2-4-11)12(16)9-15-7-5-14-6-8-15;1-5(2,3)7-4-6/h1-4,14H,5-9H2;4H,1-3H3. The third-order valence-electron chi connectivity index (χ3n) is 3.14. The Kier molecular flexibility index (Phi) is 7.85. The second-order valence-corrected chi connectivity index (χ2v) is 6.28. The Hall–Kier alpha value is -1.79. The minimum atomic E-state index is -0.318. The summed E-state index contributed by atoms with van der Waals surface area (Å²) in [6.07, 6.45) is 0. The second kappa shape index (κ2) is 9.37. The summed E-state index contributed by atoms with van der Waals surface area (Å²) in [4.78, 5) is 23.6. The van der Waals surface area contributed by atoms with Gasteiger partial charge < -0.3 is 10.1 Å². The molecule has 0 spiro atoms. The van der Waals surface area contributed by atoms with Crippen LogP contribution < -0.4 is 5.32 Å².